The third kappa shape index (κ3) is 3.50. The third-order valence-corrected chi connectivity index (χ3v) is 4.89. The van der Waals surface area contributed by atoms with Crippen LogP contribution in [0.2, 0.25) is 0 Å². The van der Waals surface area contributed by atoms with Crippen LogP contribution in [0.3, 0.4) is 0 Å². The van der Waals surface area contributed by atoms with Crippen molar-refractivity contribution in [3.05, 3.63) is 18.0 Å². The minimum atomic E-state index is 0.207. The topological polar surface area (TPSA) is 34.9 Å². The molecule has 112 valence electrons. The molecule has 1 aromatic heterocycles. The highest BCUT2D eigenvalue weighted by Gasteiger charge is 2.28. The van der Waals surface area contributed by atoms with Crippen LogP contribution < -0.4 is 0 Å². The minimum Gasteiger partial charge on any atom is -0.299 e. The van der Waals surface area contributed by atoms with Crippen molar-refractivity contribution in [1.29, 1.82) is 0 Å². The van der Waals surface area contributed by atoms with Crippen molar-refractivity contribution in [2.24, 2.45) is 11.8 Å². The lowest BCUT2D eigenvalue weighted by Gasteiger charge is -2.26. The second kappa shape index (κ2) is 7.05. The standard InChI is InChI=1S/C17H28N2O/c1-4-13-7-8-17(20)14(11-13)12-15-9-10-19(18-15)16(5-2)6-3/h9-10,13-14,16H,4-8,11-12H2,1-3H3. The van der Waals surface area contributed by atoms with E-state index in [9.17, 15) is 4.79 Å². The second-order valence-corrected chi connectivity index (χ2v) is 6.17. The summed E-state index contributed by atoms with van der Waals surface area (Å²) in [4.78, 5) is 12.1. The number of carbonyl (C=O) groups is 1. The van der Waals surface area contributed by atoms with Gasteiger partial charge in [-0.3, -0.25) is 9.48 Å². The molecule has 1 heterocycles. The van der Waals surface area contributed by atoms with E-state index in [1.165, 1.54) is 6.42 Å². The highest BCUT2D eigenvalue weighted by atomic mass is 16.1. The molecule has 2 unspecified atom stereocenters. The van der Waals surface area contributed by atoms with E-state index in [1.54, 1.807) is 0 Å². The predicted octanol–water partition coefficient (Wildman–Crippen LogP) is 4.18. The fourth-order valence-electron chi connectivity index (χ4n) is 3.37. The summed E-state index contributed by atoms with van der Waals surface area (Å²) in [6, 6.07) is 2.59. The molecule has 3 nitrogen and oxygen atoms in total. The van der Waals surface area contributed by atoms with E-state index in [2.05, 4.69) is 37.7 Å². The highest BCUT2D eigenvalue weighted by molar-refractivity contribution is 5.81. The van der Waals surface area contributed by atoms with E-state index in [0.29, 0.717) is 11.8 Å². The van der Waals surface area contributed by atoms with Gasteiger partial charge in [-0.15, -0.1) is 0 Å². The highest BCUT2D eigenvalue weighted by Crippen LogP contribution is 2.30. The van der Waals surface area contributed by atoms with E-state index >= 15 is 0 Å². The number of ketones is 1. The van der Waals surface area contributed by atoms with Crippen molar-refractivity contribution in [2.45, 2.75) is 71.8 Å². The van der Waals surface area contributed by atoms with E-state index in [0.717, 1.165) is 50.1 Å². The average molecular weight is 276 g/mol. The van der Waals surface area contributed by atoms with Gasteiger partial charge in [-0.05, 0) is 37.7 Å². The zero-order valence-electron chi connectivity index (χ0n) is 13.1. The summed E-state index contributed by atoms with van der Waals surface area (Å²) < 4.78 is 2.08. The van der Waals surface area contributed by atoms with Crippen LogP contribution in [0.4, 0.5) is 0 Å². The Bertz CT molecular complexity index is 434. The van der Waals surface area contributed by atoms with Gasteiger partial charge in [0.1, 0.15) is 5.78 Å². The van der Waals surface area contributed by atoms with E-state index < -0.39 is 0 Å². The molecule has 0 N–H and O–H groups in total. The lowest BCUT2D eigenvalue weighted by atomic mass is 9.77. The summed E-state index contributed by atoms with van der Waals surface area (Å²) >= 11 is 0. The van der Waals surface area contributed by atoms with Crippen LogP contribution >= 0.6 is 0 Å². The quantitative estimate of drug-likeness (QED) is 0.781. The summed E-state index contributed by atoms with van der Waals surface area (Å²) in [5.74, 6) is 1.39. The van der Waals surface area contributed by atoms with Gasteiger partial charge in [-0.2, -0.15) is 5.10 Å². The summed E-state index contributed by atoms with van der Waals surface area (Å²) in [6.07, 6.45) is 9.26. The Balaban J connectivity index is 2.00. The molecule has 1 fully saturated rings. The first kappa shape index (κ1) is 15.3. The van der Waals surface area contributed by atoms with Gasteiger partial charge in [-0.1, -0.05) is 27.2 Å². The monoisotopic (exact) mass is 276 g/mol. The van der Waals surface area contributed by atoms with Gasteiger partial charge in [0, 0.05) is 25.0 Å². The third-order valence-electron chi connectivity index (χ3n) is 4.89. The number of hydrogen-bond donors (Lipinski definition) is 0. The molecule has 0 aliphatic heterocycles. The van der Waals surface area contributed by atoms with Crippen molar-refractivity contribution in [1.82, 2.24) is 9.78 Å². The number of nitrogens with zero attached hydrogens (tertiary/aromatic N) is 2. The molecule has 0 radical (unpaired) electrons. The molecule has 0 spiro atoms. The second-order valence-electron chi connectivity index (χ2n) is 6.17. The molecule has 0 saturated heterocycles. The average Bonchev–Trinajstić information content (AvgIpc) is 2.91. The number of Topliss-reactive ketones (excluding diaryl/α,β-unsaturated/α-hetero) is 1. The predicted molar refractivity (Wildman–Crippen MR) is 81.7 cm³/mol. The smallest absolute Gasteiger partial charge is 0.136 e. The van der Waals surface area contributed by atoms with Gasteiger partial charge in [-0.25, -0.2) is 0 Å². The summed E-state index contributed by atoms with van der Waals surface area (Å²) in [6.45, 7) is 6.64. The molecule has 3 heteroatoms. The number of hydrogen-bond acceptors (Lipinski definition) is 2. The SMILES string of the molecule is CCC1CCC(=O)C(Cc2ccn(C(CC)CC)n2)C1. The Morgan fingerprint density at radius 2 is 2.10 bits per heavy atom. The molecule has 1 saturated carbocycles. The molecular formula is C17H28N2O. The largest absolute Gasteiger partial charge is 0.299 e. The molecular weight excluding hydrogens is 248 g/mol. The molecule has 0 amide bonds. The summed E-state index contributed by atoms with van der Waals surface area (Å²) in [7, 11) is 0. The van der Waals surface area contributed by atoms with Crippen LogP contribution in [-0.2, 0) is 11.2 Å². The zero-order chi connectivity index (χ0) is 14.5. The van der Waals surface area contributed by atoms with Crippen molar-refractivity contribution < 1.29 is 4.79 Å². The molecule has 20 heavy (non-hydrogen) atoms. The van der Waals surface area contributed by atoms with Crippen LogP contribution in [0.5, 0.6) is 0 Å². The first-order chi connectivity index (χ1) is 9.67. The van der Waals surface area contributed by atoms with Gasteiger partial charge in [0.2, 0.25) is 0 Å². The van der Waals surface area contributed by atoms with Gasteiger partial charge >= 0.3 is 0 Å². The first-order valence-electron chi connectivity index (χ1n) is 8.24. The lowest BCUT2D eigenvalue weighted by Crippen LogP contribution is -2.26. The van der Waals surface area contributed by atoms with Gasteiger partial charge in [0.05, 0.1) is 11.7 Å². The van der Waals surface area contributed by atoms with E-state index in [4.69, 9.17) is 5.10 Å². The Kier molecular flexibility index (Phi) is 5.38. The van der Waals surface area contributed by atoms with E-state index in [1.807, 2.05) is 0 Å². The molecule has 2 rings (SSSR count). The molecule has 1 aliphatic carbocycles. The Labute approximate surface area is 122 Å². The van der Waals surface area contributed by atoms with Crippen LogP contribution in [0.1, 0.15) is 71.0 Å². The molecule has 2 atom stereocenters. The van der Waals surface area contributed by atoms with Crippen molar-refractivity contribution in [3.63, 3.8) is 0 Å². The summed E-state index contributed by atoms with van der Waals surface area (Å²) in [5, 5.41) is 4.70. The van der Waals surface area contributed by atoms with Crippen molar-refractivity contribution in [2.75, 3.05) is 0 Å². The van der Waals surface area contributed by atoms with Crippen LogP contribution in [0.15, 0.2) is 12.3 Å². The lowest BCUT2D eigenvalue weighted by molar-refractivity contribution is -0.125. The van der Waals surface area contributed by atoms with E-state index in [-0.39, 0.29) is 5.92 Å². The Morgan fingerprint density at radius 3 is 2.75 bits per heavy atom. The maximum Gasteiger partial charge on any atom is 0.136 e. The molecule has 1 aromatic rings. The normalized spacial score (nSPS) is 23.5. The fourth-order valence-corrected chi connectivity index (χ4v) is 3.37. The van der Waals surface area contributed by atoms with Crippen LogP contribution in [-0.4, -0.2) is 15.6 Å². The fraction of sp³-hybridized carbons (Fsp3) is 0.765. The number of aromatic nitrogens is 2. The van der Waals surface area contributed by atoms with Gasteiger partial charge < -0.3 is 0 Å². The maximum absolute atomic E-state index is 12.1. The van der Waals surface area contributed by atoms with Crippen molar-refractivity contribution in [3.8, 4) is 0 Å². The van der Waals surface area contributed by atoms with Crippen LogP contribution in [0, 0.1) is 11.8 Å². The van der Waals surface area contributed by atoms with Crippen molar-refractivity contribution >= 4 is 5.78 Å². The summed E-state index contributed by atoms with van der Waals surface area (Å²) in [5.41, 5.74) is 1.09. The number of rotatable bonds is 6. The van der Waals surface area contributed by atoms with Gasteiger partial charge in [0.15, 0.2) is 0 Å². The van der Waals surface area contributed by atoms with Crippen LogP contribution in [0.25, 0.3) is 0 Å². The zero-order valence-corrected chi connectivity index (χ0v) is 13.1. The first-order valence-corrected chi connectivity index (χ1v) is 8.24. The maximum atomic E-state index is 12.1. The molecule has 0 bridgehead atoms. The Hall–Kier alpha value is -1.12. The molecule has 1 aliphatic rings. The molecule has 0 aromatic carbocycles. The Morgan fingerprint density at radius 1 is 1.35 bits per heavy atom. The number of carbonyl (C=O) groups excluding carboxylic acids is 1. The minimum absolute atomic E-state index is 0.207. The van der Waals surface area contributed by atoms with Gasteiger partial charge in [0.25, 0.3) is 0 Å².